The maximum atomic E-state index is 12.5. The topological polar surface area (TPSA) is 84.1 Å². The minimum atomic E-state index is -0.389. The zero-order valence-electron chi connectivity index (χ0n) is 17.3. The molecule has 2 aromatic heterocycles. The molecule has 0 saturated heterocycles. The number of pyridine rings is 1. The Labute approximate surface area is 170 Å². The van der Waals surface area contributed by atoms with Gasteiger partial charge in [0.2, 0.25) is 5.91 Å². The minimum absolute atomic E-state index is 0.210. The van der Waals surface area contributed by atoms with Crippen LogP contribution in [0, 0.1) is 20.8 Å². The number of ether oxygens (including phenoxy) is 1. The Bertz CT molecular complexity index is 1130. The van der Waals surface area contributed by atoms with Crippen molar-refractivity contribution in [2.75, 3.05) is 5.32 Å². The lowest BCUT2D eigenvalue weighted by atomic mass is 9.97. The van der Waals surface area contributed by atoms with Gasteiger partial charge in [-0.2, -0.15) is 0 Å². The summed E-state index contributed by atoms with van der Waals surface area (Å²) in [6.07, 6.45) is 2.58. The van der Waals surface area contributed by atoms with Crippen LogP contribution >= 0.6 is 0 Å². The van der Waals surface area contributed by atoms with Gasteiger partial charge in [0.15, 0.2) is 0 Å². The molecule has 0 aliphatic heterocycles. The number of anilines is 1. The largest absolute Gasteiger partial charge is 0.459 e. The summed E-state index contributed by atoms with van der Waals surface area (Å²) >= 11 is 0. The maximum Gasteiger partial charge on any atom is 0.340 e. The van der Waals surface area contributed by atoms with Gasteiger partial charge in [0.05, 0.1) is 11.7 Å². The van der Waals surface area contributed by atoms with Crippen molar-refractivity contribution in [3.8, 4) is 11.1 Å². The van der Waals surface area contributed by atoms with Crippen molar-refractivity contribution < 1.29 is 14.3 Å². The van der Waals surface area contributed by atoms with Crippen molar-refractivity contribution in [3.63, 3.8) is 0 Å². The second-order valence-corrected chi connectivity index (χ2v) is 7.32. The van der Waals surface area contributed by atoms with E-state index in [1.165, 1.54) is 6.08 Å². The van der Waals surface area contributed by atoms with Gasteiger partial charge in [-0.1, -0.05) is 18.7 Å². The van der Waals surface area contributed by atoms with Crippen LogP contribution in [-0.2, 0) is 9.53 Å². The molecule has 0 radical (unpaired) electrons. The van der Waals surface area contributed by atoms with Crippen LogP contribution in [0.4, 0.5) is 5.69 Å². The highest BCUT2D eigenvalue weighted by Crippen LogP contribution is 2.36. The molecule has 2 heterocycles. The van der Waals surface area contributed by atoms with E-state index in [2.05, 4.69) is 21.9 Å². The molecule has 3 rings (SSSR count). The number of carbonyl (C=O) groups is 2. The number of esters is 1. The van der Waals surface area contributed by atoms with Gasteiger partial charge in [-0.15, -0.1) is 0 Å². The maximum absolute atomic E-state index is 12.5. The summed E-state index contributed by atoms with van der Waals surface area (Å²) in [7, 11) is 0. The Hall–Kier alpha value is -3.41. The first-order valence-corrected chi connectivity index (χ1v) is 9.46. The van der Waals surface area contributed by atoms with Gasteiger partial charge in [-0.25, -0.2) is 9.78 Å². The van der Waals surface area contributed by atoms with Gasteiger partial charge < -0.3 is 15.0 Å². The first-order valence-electron chi connectivity index (χ1n) is 9.46. The number of H-pyrrole nitrogens is 1. The van der Waals surface area contributed by atoms with Gasteiger partial charge >= 0.3 is 5.97 Å². The van der Waals surface area contributed by atoms with Crippen LogP contribution in [0.5, 0.6) is 0 Å². The number of rotatable bonds is 5. The van der Waals surface area contributed by atoms with E-state index in [-0.39, 0.29) is 18.0 Å². The molecular formula is C23H25N3O3. The zero-order chi connectivity index (χ0) is 21.3. The van der Waals surface area contributed by atoms with Crippen LogP contribution in [-0.4, -0.2) is 27.9 Å². The number of amides is 1. The van der Waals surface area contributed by atoms with Gasteiger partial charge in [0.1, 0.15) is 5.65 Å². The number of hydrogen-bond donors (Lipinski definition) is 2. The fraction of sp³-hybridized carbons (Fsp3) is 0.261. The highest BCUT2D eigenvalue weighted by Gasteiger charge is 2.20. The Morgan fingerprint density at radius 2 is 1.97 bits per heavy atom. The van der Waals surface area contributed by atoms with E-state index in [4.69, 9.17) is 4.74 Å². The fourth-order valence-electron chi connectivity index (χ4n) is 3.37. The number of benzene rings is 1. The summed E-state index contributed by atoms with van der Waals surface area (Å²) in [4.78, 5) is 32.0. The molecule has 0 aliphatic rings. The van der Waals surface area contributed by atoms with E-state index in [0.29, 0.717) is 16.9 Å². The molecule has 2 N–H and O–H groups in total. The minimum Gasteiger partial charge on any atom is -0.459 e. The lowest BCUT2D eigenvalue weighted by Gasteiger charge is -2.12. The number of hydrogen-bond acceptors (Lipinski definition) is 4. The highest BCUT2D eigenvalue weighted by molar-refractivity contribution is 6.04. The molecule has 0 aliphatic carbocycles. The molecule has 0 saturated carbocycles. The summed E-state index contributed by atoms with van der Waals surface area (Å²) in [6, 6.07) is 5.86. The number of aromatic nitrogens is 2. The van der Waals surface area contributed by atoms with E-state index >= 15 is 0 Å². The van der Waals surface area contributed by atoms with Crippen LogP contribution in [0.25, 0.3) is 22.2 Å². The number of aromatic amines is 1. The van der Waals surface area contributed by atoms with Crippen molar-refractivity contribution >= 4 is 28.6 Å². The summed E-state index contributed by atoms with van der Waals surface area (Å²) < 4.78 is 5.36. The molecule has 1 aromatic carbocycles. The standard InChI is InChI=1S/C23H25N3O3/c1-7-19(27)26-18-10-16(9-8-13(18)4)21-15(6)25-22-20(21)14(5)17(11-24-22)23(28)29-12(2)3/h7-12H,1H2,2-6H3,(H,24,25)(H,26,27). The summed E-state index contributed by atoms with van der Waals surface area (Å²) in [5, 5.41) is 3.70. The Kier molecular flexibility index (Phi) is 5.55. The smallest absolute Gasteiger partial charge is 0.340 e. The molecule has 3 aromatic rings. The SMILES string of the molecule is C=CC(=O)Nc1cc(-c2c(C)[nH]c3ncc(C(=O)OC(C)C)c(C)c23)ccc1C. The molecule has 0 spiro atoms. The monoisotopic (exact) mass is 391 g/mol. The van der Waals surface area contributed by atoms with Gasteiger partial charge in [0.25, 0.3) is 0 Å². The fourth-order valence-corrected chi connectivity index (χ4v) is 3.37. The Balaban J connectivity index is 2.18. The number of nitrogens with zero attached hydrogens (tertiary/aromatic N) is 1. The van der Waals surface area contributed by atoms with Crippen molar-refractivity contribution in [2.24, 2.45) is 0 Å². The zero-order valence-corrected chi connectivity index (χ0v) is 17.3. The van der Waals surface area contributed by atoms with Gasteiger partial charge in [-0.3, -0.25) is 4.79 Å². The molecule has 0 bridgehead atoms. The number of aryl methyl sites for hydroxylation is 3. The van der Waals surface area contributed by atoms with Crippen molar-refractivity contribution in [3.05, 3.63) is 59.4 Å². The first kappa shape index (κ1) is 20.3. The van der Waals surface area contributed by atoms with E-state index in [1.54, 1.807) is 6.20 Å². The molecule has 29 heavy (non-hydrogen) atoms. The molecule has 6 nitrogen and oxygen atoms in total. The van der Waals surface area contributed by atoms with Crippen molar-refractivity contribution in [1.82, 2.24) is 9.97 Å². The number of carbonyl (C=O) groups excluding carboxylic acids is 2. The number of nitrogens with one attached hydrogen (secondary N) is 2. The highest BCUT2D eigenvalue weighted by atomic mass is 16.5. The average molecular weight is 391 g/mol. The predicted octanol–water partition coefficient (Wildman–Crippen LogP) is 4.84. The molecule has 1 amide bonds. The van der Waals surface area contributed by atoms with Crippen molar-refractivity contribution in [2.45, 2.75) is 40.7 Å². The number of fused-ring (bicyclic) bond motifs is 1. The summed E-state index contributed by atoms with van der Waals surface area (Å²) in [5.74, 6) is -0.656. The van der Waals surface area contributed by atoms with Crippen molar-refractivity contribution in [1.29, 1.82) is 0 Å². The van der Waals surface area contributed by atoms with Crippen LogP contribution in [0.1, 0.15) is 41.0 Å². The second kappa shape index (κ2) is 7.91. The van der Waals surface area contributed by atoms with Crippen LogP contribution in [0.2, 0.25) is 0 Å². The molecule has 150 valence electrons. The molecule has 0 fully saturated rings. The summed E-state index contributed by atoms with van der Waals surface area (Å²) in [6.45, 7) is 12.9. The van der Waals surface area contributed by atoms with Gasteiger partial charge in [0, 0.05) is 28.5 Å². The van der Waals surface area contributed by atoms with Crippen LogP contribution in [0.3, 0.4) is 0 Å². The van der Waals surface area contributed by atoms with E-state index in [0.717, 1.165) is 33.3 Å². The van der Waals surface area contributed by atoms with E-state index in [9.17, 15) is 9.59 Å². The van der Waals surface area contributed by atoms with Crippen LogP contribution in [0.15, 0.2) is 37.1 Å². The Morgan fingerprint density at radius 1 is 1.24 bits per heavy atom. The quantitative estimate of drug-likeness (QED) is 0.481. The molecule has 0 atom stereocenters. The third kappa shape index (κ3) is 3.92. The van der Waals surface area contributed by atoms with Crippen LogP contribution < -0.4 is 5.32 Å². The van der Waals surface area contributed by atoms with E-state index < -0.39 is 0 Å². The third-order valence-electron chi connectivity index (χ3n) is 4.80. The lowest BCUT2D eigenvalue weighted by Crippen LogP contribution is -2.13. The average Bonchev–Trinajstić information content (AvgIpc) is 3.00. The first-order chi connectivity index (χ1) is 13.7. The lowest BCUT2D eigenvalue weighted by molar-refractivity contribution is -0.111. The third-order valence-corrected chi connectivity index (χ3v) is 4.80. The second-order valence-electron chi connectivity index (χ2n) is 7.32. The molecular weight excluding hydrogens is 366 g/mol. The summed E-state index contributed by atoms with van der Waals surface area (Å²) in [5.41, 5.74) is 6.38. The molecule has 0 unspecified atom stereocenters. The molecule has 6 heteroatoms. The predicted molar refractivity (Wildman–Crippen MR) is 115 cm³/mol. The van der Waals surface area contributed by atoms with E-state index in [1.807, 2.05) is 52.8 Å². The normalized spacial score (nSPS) is 11.0. The Morgan fingerprint density at radius 3 is 2.62 bits per heavy atom. The van der Waals surface area contributed by atoms with Gasteiger partial charge in [-0.05, 0) is 63.5 Å².